The van der Waals surface area contributed by atoms with Crippen molar-refractivity contribution in [1.82, 2.24) is 9.88 Å². The van der Waals surface area contributed by atoms with Crippen LogP contribution in [-0.4, -0.2) is 60.9 Å². The van der Waals surface area contributed by atoms with E-state index in [0.717, 1.165) is 0 Å². The van der Waals surface area contributed by atoms with Gasteiger partial charge in [-0.2, -0.15) is 0 Å². The van der Waals surface area contributed by atoms with Crippen molar-refractivity contribution in [3.05, 3.63) is 29.6 Å². The highest BCUT2D eigenvalue weighted by molar-refractivity contribution is 5.92. The number of hydrogen-bond acceptors (Lipinski definition) is 5. The number of likely N-dealkylation sites (N-methyl/N-ethyl adjacent to an activating group) is 1. The average molecular weight is 277 g/mol. The summed E-state index contributed by atoms with van der Waals surface area (Å²) in [6.45, 7) is 0.641. The zero-order valence-corrected chi connectivity index (χ0v) is 11.7. The number of aliphatic hydroxyl groups excluding tert-OH is 1. The fraction of sp³-hybridized carbons (Fsp3) is 0.429. The monoisotopic (exact) mass is 277 g/mol. The van der Waals surface area contributed by atoms with Gasteiger partial charge in [0.1, 0.15) is 5.69 Å². The Morgan fingerprint density at radius 2 is 2.35 bits per heavy atom. The minimum atomic E-state index is -0.719. The highest BCUT2D eigenvalue weighted by Gasteiger charge is 2.16. The molecule has 0 fully saturated rings. The summed E-state index contributed by atoms with van der Waals surface area (Å²) in [6.07, 6.45) is 0.804. The average Bonchev–Trinajstić information content (AvgIpc) is 2.45. The number of aromatic nitrogens is 1. The highest BCUT2D eigenvalue weighted by Crippen LogP contribution is 2.03. The van der Waals surface area contributed by atoms with Crippen LogP contribution in [0.4, 0.5) is 0 Å². The summed E-state index contributed by atoms with van der Waals surface area (Å²) in [6, 6.07) is 3.31. The number of hydrogen-bond donors (Lipinski definition) is 2. The van der Waals surface area contributed by atoms with Gasteiger partial charge in [0.05, 0.1) is 19.3 Å². The van der Waals surface area contributed by atoms with Gasteiger partial charge in [-0.3, -0.25) is 4.79 Å². The Hall–Kier alpha value is -1.94. The fourth-order valence-corrected chi connectivity index (χ4v) is 1.59. The molecule has 0 saturated carbocycles. The molecule has 108 valence electrons. The molecule has 1 heterocycles. The van der Waals surface area contributed by atoms with Crippen molar-refractivity contribution in [3.8, 4) is 11.8 Å². The molecule has 0 aromatic carbocycles. The van der Waals surface area contributed by atoms with Crippen LogP contribution in [0.2, 0.25) is 0 Å². The number of pyridine rings is 1. The van der Waals surface area contributed by atoms with Gasteiger partial charge in [-0.05, 0) is 12.1 Å². The van der Waals surface area contributed by atoms with Gasteiger partial charge in [0.2, 0.25) is 0 Å². The number of carbonyl (C=O) groups excluding carboxylic acids is 1. The minimum Gasteiger partial charge on any atom is -0.389 e. The zero-order chi connectivity index (χ0) is 15.0. The van der Waals surface area contributed by atoms with E-state index in [1.807, 2.05) is 0 Å². The molecule has 6 nitrogen and oxygen atoms in total. The molecule has 1 unspecified atom stereocenters. The van der Waals surface area contributed by atoms with E-state index in [1.165, 1.54) is 18.2 Å². The number of carbonyl (C=O) groups is 1. The summed E-state index contributed by atoms with van der Waals surface area (Å²) in [7, 11) is 3.10. The lowest BCUT2D eigenvalue weighted by molar-refractivity contribution is 0.0378. The lowest BCUT2D eigenvalue weighted by atomic mass is 10.2. The number of rotatable bonds is 5. The molecule has 1 rings (SSSR count). The molecular weight excluding hydrogens is 258 g/mol. The van der Waals surface area contributed by atoms with Crippen LogP contribution in [0.25, 0.3) is 0 Å². The van der Waals surface area contributed by atoms with Crippen molar-refractivity contribution < 1.29 is 14.6 Å². The molecule has 1 amide bonds. The van der Waals surface area contributed by atoms with Crippen molar-refractivity contribution >= 4 is 5.91 Å². The van der Waals surface area contributed by atoms with Gasteiger partial charge in [-0.1, -0.05) is 11.8 Å². The number of ether oxygens (including phenoxy) is 1. The molecule has 0 saturated heterocycles. The summed E-state index contributed by atoms with van der Waals surface area (Å²) in [5.74, 6) is 5.28. The van der Waals surface area contributed by atoms with Crippen molar-refractivity contribution in [2.75, 3.05) is 33.9 Å². The number of nitrogens with two attached hydrogens (primary N) is 1. The first kappa shape index (κ1) is 16.1. The van der Waals surface area contributed by atoms with Crippen LogP contribution in [0.5, 0.6) is 0 Å². The Bertz CT molecular complexity index is 491. The third kappa shape index (κ3) is 4.97. The van der Waals surface area contributed by atoms with Gasteiger partial charge < -0.3 is 20.5 Å². The van der Waals surface area contributed by atoms with Crippen LogP contribution in [0, 0.1) is 11.8 Å². The first-order valence-corrected chi connectivity index (χ1v) is 6.16. The van der Waals surface area contributed by atoms with E-state index in [1.54, 1.807) is 19.2 Å². The van der Waals surface area contributed by atoms with Crippen LogP contribution < -0.4 is 5.73 Å². The van der Waals surface area contributed by atoms with E-state index in [0.29, 0.717) is 11.3 Å². The third-order valence-electron chi connectivity index (χ3n) is 2.51. The van der Waals surface area contributed by atoms with Gasteiger partial charge in [0.15, 0.2) is 0 Å². The maximum Gasteiger partial charge on any atom is 0.272 e. The van der Waals surface area contributed by atoms with E-state index in [4.69, 9.17) is 10.5 Å². The molecule has 6 heteroatoms. The molecule has 0 radical (unpaired) electrons. The lowest BCUT2D eigenvalue weighted by Gasteiger charge is -2.20. The first-order valence-electron chi connectivity index (χ1n) is 6.16. The van der Waals surface area contributed by atoms with Crippen molar-refractivity contribution in [3.63, 3.8) is 0 Å². The summed E-state index contributed by atoms with van der Waals surface area (Å²) in [5.41, 5.74) is 6.28. The fourth-order valence-electron chi connectivity index (χ4n) is 1.59. The normalized spacial score (nSPS) is 11.4. The van der Waals surface area contributed by atoms with Gasteiger partial charge >= 0.3 is 0 Å². The van der Waals surface area contributed by atoms with E-state index in [-0.39, 0.29) is 25.6 Å². The Balaban J connectivity index is 2.67. The largest absolute Gasteiger partial charge is 0.389 e. The summed E-state index contributed by atoms with van der Waals surface area (Å²) < 4.78 is 4.81. The molecule has 0 aliphatic heterocycles. The number of methoxy groups -OCH3 is 1. The Kier molecular flexibility index (Phi) is 6.67. The predicted octanol–water partition coefficient (Wildman–Crippen LogP) is -0.529. The highest BCUT2D eigenvalue weighted by atomic mass is 16.5. The van der Waals surface area contributed by atoms with Crippen LogP contribution in [0.1, 0.15) is 16.1 Å². The second-order valence-electron chi connectivity index (χ2n) is 4.23. The topological polar surface area (TPSA) is 88.7 Å². The van der Waals surface area contributed by atoms with Crippen LogP contribution in [0.15, 0.2) is 18.3 Å². The Morgan fingerprint density at radius 3 is 2.90 bits per heavy atom. The Morgan fingerprint density at radius 1 is 1.60 bits per heavy atom. The molecule has 1 atom stereocenters. The first-order chi connectivity index (χ1) is 9.58. The Labute approximate surface area is 118 Å². The SMILES string of the molecule is COCC(O)CN(C)C(=O)c1ccc(C#CCN)cn1. The van der Waals surface area contributed by atoms with E-state index >= 15 is 0 Å². The van der Waals surface area contributed by atoms with E-state index in [2.05, 4.69) is 16.8 Å². The van der Waals surface area contributed by atoms with Crippen LogP contribution in [-0.2, 0) is 4.74 Å². The lowest BCUT2D eigenvalue weighted by Crippen LogP contribution is -2.36. The maximum atomic E-state index is 12.1. The van der Waals surface area contributed by atoms with E-state index < -0.39 is 6.10 Å². The van der Waals surface area contributed by atoms with Crippen LogP contribution in [0.3, 0.4) is 0 Å². The minimum absolute atomic E-state index is 0.179. The van der Waals surface area contributed by atoms with Gasteiger partial charge in [0.25, 0.3) is 5.91 Å². The smallest absolute Gasteiger partial charge is 0.272 e. The second-order valence-corrected chi connectivity index (χ2v) is 4.23. The van der Waals surface area contributed by atoms with Crippen molar-refractivity contribution in [2.24, 2.45) is 5.73 Å². The summed E-state index contributed by atoms with van der Waals surface area (Å²) in [4.78, 5) is 17.5. The molecule has 0 aliphatic rings. The van der Waals surface area contributed by atoms with Gasteiger partial charge in [0, 0.05) is 32.5 Å². The number of aliphatic hydroxyl groups is 1. The van der Waals surface area contributed by atoms with E-state index in [9.17, 15) is 9.90 Å². The molecule has 0 bridgehead atoms. The maximum absolute atomic E-state index is 12.1. The quantitative estimate of drug-likeness (QED) is 0.706. The summed E-state index contributed by atoms with van der Waals surface area (Å²) in [5, 5.41) is 9.59. The molecule has 0 spiro atoms. The summed E-state index contributed by atoms with van der Waals surface area (Å²) >= 11 is 0. The standard InChI is InChI=1S/C14H19N3O3/c1-17(9-12(18)10-20-2)14(19)13-6-5-11(8-16-13)4-3-7-15/h5-6,8,12,18H,7,9-10,15H2,1-2H3. The molecule has 3 N–H and O–H groups in total. The number of nitrogens with zero attached hydrogens (tertiary/aromatic N) is 2. The molecule has 0 aliphatic carbocycles. The second kappa shape index (κ2) is 8.27. The van der Waals surface area contributed by atoms with Gasteiger partial charge in [-0.25, -0.2) is 4.98 Å². The zero-order valence-electron chi connectivity index (χ0n) is 11.7. The van der Waals surface area contributed by atoms with Crippen LogP contribution >= 0.6 is 0 Å². The van der Waals surface area contributed by atoms with Crippen molar-refractivity contribution in [1.29, 1.82) is 0 Å². The van der Waals surface area contributed by atoms with Gasteiger partial charge in [-0.15, -0.1) is 0 Å². The molecular formula is C14H19N3O3. The molecule has 1 aromatic heterocycles. The third-order valence-corrected chi connectivity index (χ3v) is 2.51. The molecule has 1 aromatic rings. The number of amides is 1. The van der Waals surface area contributed by atoms with Crippen molar-refractivity contribution in [2.45, 2.75) is 6.10 Å². The molecule has 20 heavy (non-hydrogen) atoms. The predicted molar refractivity (Wildman–Crippen MR) is 75.0 cm³/mol.